The van der Waals surface area contributed by atoms with Crippen LogP contribution < -0.4 is 0 Å². The second-order valence-electron chi connectivity index (χ2n) is 6.12. The zero-order valence-electron chi connectivity index (χ0n) is 11.8. The first-order chi connectivity index (χ1) is 8.81. The lowest BCUT2D eigenvalue weighted by Gasteiger charge is -2.38. The molecule has 0 saturated heterocycles. The number of esters is 1. The first-order valence-electron chi connectivity index (χ1n) is 8.00. The summed E-state index contributed by atoms with van der Waals surface area (Å²) in [6.45, 7) is 2.04. The van der Waals surface area contributed by atoms with Crippen LogP contribution in [0.2, 0.25) is 0 Å². The van der Waals surface area contributed by atoms with Gasteiger partial charge in [0.25, 0.3) is 0 Å². The van der Waals surface area contributed by atoms with Gasteiger partial charge in [-0.3, -0.25) is 4.79 Å². The molecule has 0 N–H and O–H groups in total. The largest absolute Gasteiger partial charge is 0.462 e. The van der Waals surface area contributed by atoms with E-state index in [4.69, 9.17) is 4.74 Å². The van der Waals surface area contributed by atoms with E-state index in [0.29, 0.717) is 12.3 Å². The van der Waals surface area contributed by atoms with Gasteiger partial charge >= 0.3 is 5.97 Å². The van der Waals surface area contributed by atoms with Crippen LogP contribution in [0.5, 0.6) is 0 Å². The van der Waals surface area contributed by atoms with Gasteiger partial charge in [0.15, 0.2) is 0 Å². The Hall–Kier alpha value is -0.530. The smallest absolute Gasteiger partial charge is 0.306 e. The van der Waals surface area contributed by atoms with Crippen molar-refractivity contribution >= 4 is 5.97 Å². The minimum Gasteiger partial charge on any atom is -0.462 e. The van der Waals surface area contributed by atoms with Gasteiger partial charge < -0.3 is 4.74 Å². The number of ether oxygens (including phenoxy) is 1. The van der Waals surface area contributed by atoms with E-state index in [1.54, 1.807) is 0 Å². The highest BCUT2D eigenvalue weighted by Gasteiger charge is 2.34. The summed E-state index contributed by atoms with van der Waals surface area (Å²) in [5, 5.41) is 0. The average molecular weight is 252 g/mol. The van der Waals surface area contributed by atoms with E-state index in [2.05, 4.69) is 0 Å². The Morgan fingerprint density at radius 3 is 2.39 bits per heavy atom. The molecule has 2 nitrogen and oxygen atoms in total. The van der Waals surface area contributed by atoms with Gasteiger partial charge in [0, 0.05) is 6.42 Å². The highest BCUT2D eigenvalue weighted by Crippen LogP contribution is 2.39. The van der Waals surface area contributed by atoms with E-state index < -0.39 is 0 Å². The predicted molar refractivity (Wildman–Crippen MR) is 73.3 cm³/mol. The highest BCUT2D eigenvalue weighted by molar-refractivity contribution is 5.69. The van der Waals surface area contributed by atoms with Crippen LogP contribution >= 0.6 is 0 Å². The summed E-state index contributed by atoms with van der Waals surface area (Å²) >= 11 is 0. The highest BCUT2D eigenvalue weighted by atomic mass is 16.5. The molecule has 0 unspecified atom stereocenters. The maximum atomic E-state index is 11.7. The number of hydrogen-bond acceptors (Lipinski definition) is 2. The van der Waals surface area contributed by atoms with Gasteiger partial charge in [-0.1, -0.05) is 45.4 Å². The van der Waals surface area contributed by atoms with Gasteiger partial charge in [0.1, 0.15) is 6.10 Å². The summed E-state index contributed by atoms with van der Waals surface area (Å²) in [4.78, 5) is 11.7. The van der Waals surface area contributed by atoms with E-state index in [1.807, 2.05) is 6.92 Å². The molecule has 0 aliphatic heterocycles. The van der Waals surface area contributed by atoms with Gasteiger partial charge in [-0.2, -0.15) is 0 Å². The van der Waals surface area contributed by atoms with Crippen LogP contribution in [0.4, 0.5) is 0 Å². The summed E-state index contributed by atoms with van der Waals surface area (Å²) in [5.74, 6) is 1.53. The third-order valence-corrected chi connectivity index (χ3v) is 4.75. The summed E-state index contributed by atoms with van der Waals surface area (Å²) in [6.07, 6.45) is 13.6. The van der Waals surface area contributed by atoms with E-state index in [1.165, 1.54) is 51.4 Å². The summed E-state index contributed by atoms with van der Waals surface area (Å²) < 4.78 is 5.76. The molecule has 0 heterocycles. The Kier molecular flexibility index (Phi) is 5.52. The quantitative estimate of drug-likeness (QED) is 0.690. The molecule has 2 atom stereocenters. The number of carbonyl (C=O) groups is 1. The Bertz CT molecular complexity index is 256. The molecule has 104 valence electrons. The van der Waals surface area contributed by atoms with Gasteiger partial charge in [-0.15, -0.1) is 0 Å². The molecule has 0 aromatic heterocycles. The molecule has 2 heteroatoms. The summed E-state index contributed by atoms with van der Waals surface area (Å²) in [5.41, 5.74) is 0. The third kappa shape index (κ3) is 3.73. The zero-order chi connectivity index (χ0) is 12.8. The van der Waals surface area contributed by atoms with E-state index in [9.17, 15) is 4.79 Å². The van der Waals surface area contributed by atoms with Gasteiger partial charge in [-0.05, 0) is 37.5 Å². The molecule has 0 bridgehead atoms. The van der Waals surface area contributed by atoms with Crippen molar-refractivity contribution in [3.05, 3.63) is 0 Å². The number of carbonyl (C=O) groups excluding carboxylic acids is 1. The van der Waals surface area contributed by atoms with Crippen molar-refractivity contribution in [2.45, 2.75) is 83.7 Å². The molecule has 0 aromatic carbocycles. The van der Waals surface area contributed by atoms with Gasteiger partial charge in [-0.25, -0.2) is 0 Å². The number of rotatable bonds is 4. The van der Waals surface area contributed by atoms with E-state index >= 15 is 0 Å². The molecule has 2 aliphatic carbocycles. The van der Waals surface area contributed by atoms with Crippen LogP contribution in [-0.2, 0) is 9.53 Å². The maximum Gasteiger partial charge on any atom is 0.306 e. The minimum atomic E-state index is 0.0326. The van der Waals surface area contributed by atoms with E-state index in [0.717, 1.165) is 18.8 Å². The standard InChI is InChI=1S/C16H28O2/c1-2-8-16(17)18-15-12-7-6-11-14(15)13-9-4-3-5-10-13/h13-15H,2-12H2,1H3/t14-,15+/m0/s1. The van der Waals surface area contributed by atoms with Crippen LogP contribution in [0.3, 0.4) is 0 Å². The second-order valence-corrected chi connectivity index (χ2v) is 6.12. The number of hydrogen-bond donors (Lipinski definition) is 0. The van der Waals surface area contributed by atoms with Crippen molar-refractivity contribution in [1.29, 1.82) is 0 Å². The lowest BCUT2D eigenvalue weighted by molar-refractivity contribution is -0.155. The maximum absolute atomic E-state index is 11.7. The Labute approximate surface area is 111 Å². The monoisotopic (exact) mass is 252 g/mol. The molecule has 18 heavy (non-hydrogen) atoms. The van der Waals surface area contributed by atoms with Crippen molar-refractivity contribution in [3.63, 3.8) is 0 Å². The fraction of sp³-hybridized carbons (Fsp3) is 0.938. The summed E-state index contributed by atoms with van der Waals surface area (Å²) in [6, 6.07) is 0. The Balaban J connectivity index is 1.90. The Morgan fingerprint density at radius 1 is 1.00 bits per heavy atom. The molecule has 2 saturated carbocycles. The van der Waals surface area contributed by atoms with Gasteiger partial charge in [0.05, 0.1) is 0 Å². The molecule has 0 aromatic rings. The zero-order valence-corrected chi connectivity index (χ0v) is 11.8. The molecule has 2 rings (SSSR count). The normalized spacial score (nSPS) is 30.1. The van der Waals surface area contributed by atoms with Crippen molar-refractivity contribution in [2.24, 2.45) is 11.8 Å². The van der Waals surface area contributed by atoms with E-state index in [-0.39, 0.29) is 12.1 Å². The van der Waals surface area contributed by atoms with Crippen LogP contribution in [-0.4, -0.2) is 12.1 Å². The molecule has 2 aliphatic rings. The van der Waals surface area contributed by atoms with Crippen LogP contribution in [0.1, 0.15) is 77.6 Å². The second kappa shape index (κ2) is 7.16. The molecule has 2 fully saturated rings. The molecular formula is C16H28O2. The van der Waals surface area contributed by atoms with Crippen molar-refractivity contribution < 1.29 is 9.53 Å². The van der Waals surface area contributed by atoms with Crippen LogP contribution in [0, 0.1) is 11.8 Å². The predicted octanol–water partition coefficient (Wildman–Crippen LogP) is 4.47. The SMILES string of the molecule is CCCC(=O)O[C@@H]1CCCC[C@H]1C1CCCCC1. The molecular weight excluding hydrogens is 224 g/mol. The molecule has 0 radical (unpaired) electrons. The summed E-state index contributed by atoms with van der Waals surface area (Å²) in [7, 11) is 0. The fourth-order valence-corrected chi connectivity index (χ4v) is 3.81. The average Bonchev–Trinajstić information content (AvgIpc) is 2.40. The van der Waals surface area contributed by atoms with Crippen molar-refractivity contribution in [2.75, 3.05) is 0 Å². The first-order valence-corrected chi connectivity index (χ1v) is 8.00. The Morgan fingerprint density at radius 2 is 1.67 bits per heavy atom. The van der Waals surface area contributed by atoms with Crippen LogP contribution in [0.15, 0.2) is 0 Å². The minimum absolute atomic E-state index is 0.0326. The third-order valence-electron chi connectivity index (χ3n) is 4.75. The van der Waals surface area contributed by atoms with Crippen molar-refractivity contribution in [3.8, 4) is 0 Å². The topological polar surface area (TPSA) is 26.3 Å². The lowest BCUT2D eigenvalue weighted by Crippen LogP contribution is -2.35. The molecule has 0 spiro atoms. The van der Waals surface area contributed by atoms with Crippen molar-refractivity contribution in [1.82, 2.24) is 0 Å². The van der Waals surface area contributed by atoms with Gasteiger partial charge in [0.2, 0.25) is 0 Å². The fourth-order valence-electron chi connectivity index (χ4n) is 3.81. The first kappa shape index (κ1) is 13.9. The van der Waals surface area contributed by atoms with Crippen LogP contribution in [0.25, 0.3) is 0 Å². The lowest BCUT2D eigenvalue weighted by atomic mass is 9.72. The molecule has 0 amide bonds.